The molecule has 0 aliphatic carbocycles. The van der Waals surface area contributed by atoms with E-state index in [0.29, 0.717) is 6.07 Å². The zero-order chi connectivity index (χ0) is 29.1. The van der Waals surface area contributed by atoms with Gasteiger partial charge in [-0.3, -0.25) is 14.4 Å². The summed E-state index contributed by atoms with van der Waals surface area (Å²) < 4.78 is 79.1. The number of aliphatic carboxylic acids is 1. The number of carbonyl (C=O) groups is 3. The Morgan fingerprint density at radius 2 is 1.82 bits per heavy atom. The highest BCUT2D eigenvalue weighted by Crippen LogP contribution is 3.02. The van der Waals surface area contributed by atoms with Crippen LogP contribution in [0, 0.1) is 0 Å². The molecule has 1 unspecified atom stereocenters. The number of hydrogen-bond acceptors (Lipinski definition) is 7. The third-order valence-electron chi connectivity index (χ3n) is 5.21. The molecule has 39 heavy (non-hydrogen) atoms. The van der Waals surface area contributed by atoms with Crippen LogP contribution in [0.2, 0.25) is 0 Å². The number of halogens is 6. The number of phenols is 1. The van der Waals surface area contributed by atoms with E-state index in [1.54, 1.807) is 0 Å². The van der Waals surface area contributed by atoms with Crippen molar-refractivity contribution < 1.29 is 48.4 Å². The van der Waals surface area contributed by atoms with Gasteiger partial charge in [-0.1, -0.05) is 31.6 Å². The normalized spacial score (nSPS) is 17.9. The lowest BCUT2D eigenvalue weighted by molar-refractivity contribution is -0.137. The standard InChI is InChI=1S/C22H23F6N5O5S/c23-14-9-30-22(31-10-14)32-15-4-13(5-16(34)7-15)21(38)29-11-19(35)33-18(8-20(36)37)12-2-1-3-17(6-12)39(24,25,26,27)28/h1-7,14,18,34H,8-11H2,(H,29,38)(H,33,35)(H,36,37)(H2,30,31,32)/t18-/m0/s1. The maximum Gasteiger partial charge on any atom is 0.310 e. The Labute approximate surface area is 217 Å². The van der Waals surface area contributed by atoms with Gasteiger partial charge in [-0.2, -0.15) is 0 Å². The lowest BCUT2D eigenvalue weighted by Gasteiger charge is -2.40. The number of anilines is 1. The summed E-state index contributed by atoms with van der Waals surface area (Å²) in [5, 5.41) is 28.7. The first-order chi connectivity index (χ1) is 17.9. The van der Waals surface area contributed by atoms with Crippen molar-refractivity contribution in [2.75, 3.05) is 25.0 Å². The number of nitrogens with zero attached hydrogens (tertiary/aromatic N) is 1. The van der Waals surface area contributed by atoms with Gasteiger partial charge < -0.3 is 31.5 Å². The molecule has 0 saturated heterocycles. The fraction of sp³-hybridized carbons (Fsp3) is 0.273. The number of carbonyl (C=O) groups excluding carboxylic acids is 2. The van der Waals surface area contributed by atoms with Crippen molar-refractivity contribution >= 4 is 39.7 Å². The Morgan fingerprint density at radius 3 is 2.44 bits per heavy atom. The first-order valence-corrected chi connectivity index (χ1v) is 13.0. The van der Waals surface area contributed by atoms with Gasteiger partial charge in [-0.15, -0.1) is 0 Å². The second-order valence-corrected chi connectivity index (χ2v) is 10.9. The molecule has 6 N–H and O–H groups in total. The number of aliphatic imine (C=N–C) groups is 1. The molecule has 1 heterocycles. The number of phenolic OH excluding ortho intramolecular Hbond substituents is 1. The Hall–Kier alpha value is -4.15. The second kappa shape index (κ2) is 10.2. The highest BCUT2D eigenvalue weighted by atomic mass is 32.5. The van der Waals surface area contributed by atoms with Crippen LogP contribution in [0.25, 0.3) is 0 Å². The summed E-state index contributed by atoms with van der Waals surface area (Å²) in [5.41, 5.74) is -0.473. The van der Waals surface area contributed by atoms with Gasteiger partial charge in [-0.05, 0) is 29.8 Å². The minimum Gasteiger partial charge on any atom is -0.508 e. The number of hydrogen-bond donors (Lipinski definition) is 6. The Balaban J connectivity index is 1.68. The van der Waals surface area contributed by atoms with Gasteiger partial charge in [0.2, 0.25) is 5.91 Å². The Morgan fingerprint density at radius 1 is 1.10 bits per heavy atom. The molecule has 0 fully saturated rings. The summed E-state index contributed by atoms with van der Waals surface area (Å²) in [6.07, 6.45) is -2.11. The van der Waals surface area contributed by atoms with E-state index in [2.05, 4.69) is 26.3 Å². The number of amides is 2. The largest absolute Gasteiger partial charge is 0.508 e. The molecule has 2 aromatic carbocycles. The summed E-state index contributed by atoms with van der Waals surface area (Å²) in [5.74, 6) is -3.60. The van der Waals surface area contributed by atoms with E-state index in [1.165, 1.54) is 12.1 Å². The smallest absolute Gasteiger partial charge is 0.310 e. The lowest BCUT2D eigenvalue weighted by atomic mass is 10.0. The third-order valence-corrected chi connectivity index (χ3v) is 6.36. The molecule has 0 bridgehead atoms. The van der Waals surface area contributed by atoms with Crippen LogP contribution in [0.5, 0.6) is 5.75 Å². The van der Waals surface area contributed by atoms with Crippen LogP contribution < -0.4 is 21.3 Å². The van der Waals surface area contributed by atoms with Crippen LogP contribution in [-0.2, 0) is 9.59 Å². The summed E-state index contributed by atoms with van der Waals surface area (Å²) in [6, 6.07) is 3.75. The SMILES string of the molecule is O=C(O)C[C@H](NC(=O)CNC(=O)c1cc(O)cc(NC2=NCC(F)CN2)c1)c1cccc(S(F)(F)(F)(F)F)c1. The molecular weight excluding hydrogens is 560 g/mol. The number of nitrogens with one attached hydrogen (secondary N) is 4. The van der Waals surface area contributed by atoms with Crippen molar-refractivity contribution in [3.05, 3.63) is 53.6 Å². The predicted octanol–water partition coefficient (Wildman–Crippen LogP) is 3.82. The first-order valence-electron chi connectivity index (χ1n) is 11.1. The van der Waals surface area contributed by atoms with E-state index in [-0.39, 0.29) is 48.2 Å². The van der Waals surface area contributed by atoms with E-state index < -0.39 is 63.6 Å². The molecule has 0 aromatic heterocycles. The monoisotopic (exact) mass is 583 g/mol. The maximum atomic E-state index is 13.2. The van der Waals surface area contributed by atoms with Gasteiger partial charge in [0.05, 0.1) is 32.1 Å². The van der Waals surface area contributed by atoms with E-state index in [1.807, 2.05) is 0 Å². The summed E-state index contributed by atoms with van der Waals surface area (Å²) in [7, 11) is -10.1. The molecular formula is C22H23F6N5O5S. The van der Waals surface area contributed by atoms with Crippen LogP contribution in [0.15, 0.2) is 52.4 Å². The van der Waals surface area contributed by atoms with Gasteiger partial charge in [0, 0.05) is 17.3 Å². The number of rotatable bonds is 9. The summed E-state index contributed by atoms with van der Waals surface area (Å²) in [4.78, 5) is 37.8. The van der Waals surface area contributed by atoms with Crippen molar-refractivity contribution in [1.82, 2.24) is 16.0 Å². The van der Waals surface area contributed by atoms with E-state index in [9.17, 15) is 43.3 Å². The molecule has 1 aliphatic heterocycles. The van der Waals surface area contributed by atoms with Crippen LogP contribution in [0.4, 0.5) is 29.5 Å². The minimum absolute atomic E-state index is 0.000257. The Kier molecular flexibility index (Phi) is 7.69. The molecule has 3 rings (SSSR count). The van der Waals surface area contributed by atoms with Crippen LogP contribution in [0.3, 0.4) is 0 Å². The van der Waals surface area contributed by atoms with Gasteiger partial charge in [0.25, 0.3) is 5.91 Å². The van der Waals surface area contributed by atoms with Crippen LogP contribution in [0.1, 0.15) is 28.4 Å². The highest BCUT2D eigenvalue weighted by Gasteiger charge is 2.65. The predicted molar refractivity (Wildman–Crippen MR) is 130 cm³/mol. The molecule has 214 valence electrons. The van der Waals surface area contributed by atoms with Crippen LogP contribution >= 0.6 is 10.2 Å². The number of benzene rings is 2. The average Bonchev–Trinajstić information content (AvgIpc) is 2.81. The van der Waals surface area contributed by atoms with Gasteiger partial charge in [0.15, 0.2) is 5.96 Å². The molecule has 0 radical (unpaired) electrons. The van der Waals surface area contributed by atoms with Crippen molar-refractivity contribution in [2.24, 2.45) is 4.99 Å². The molecule has 1 aliphatic rings. The van der Waals surface area contributed by atoms with Crippen LogP contribution in [-0.4, -0.2) is 59.8 Å². The van der Waals surface area contributed by atoms with Crippen molar-refractivity contribution in [2.45, 2.75) is 23.5 Å². The molecule has 2 atom stereocenters. The van der Waals surface area contributed by atoms with E-state index in [4.69, 9.17) is 5.11 Å². The fourth-order valence-electron chi connectivity index (χ4n) is 3.46. The molecule has 0 spiro atoms. The average molecular weight is 584 g/mol. The third kappa shape index (κ3) is 8.69. The van der Waals surface area contributed by atoms with Gasteiger partial charge in [-0.25, -0.2) is 9.38 Å². The second-order valence-electron chi connectivity index (χ2n) is 8.50. The zero-order valence-electron chi connectivity index (χ0n) is 19.8. The fourth-order valence-corrected chi connectivity index (χ4v) is 4.15. The number of carboxylic acids is 1. The highest BCUT2D eigenvalue weighted by molar-refractivity contribution is 8.45. The van der Waals surface area contributed by atoms with E-state index >= 15 is 0 Å². The summed E-state index contributed by atoms with van der Waals surface area (Å²) >= 11 is 0. The Bertz CT molecular complexity index is 1330. The van der Waals surface area contributed by atoms with Crippen molar-refractivity contribution in [3.8, 4) is 5.75 Å². The number of aromatic hydroxyl groups is 1. The number of alkyl halides is 1. The summed E-state index contributed by atoms with van der Waals surface area (Å²) in [6.45, 7) is -0.870. The quantitative estimate of drug-likeness (QED) is 0.246. The number of guanidine groups is 1. The molecule has 2 amide bonds. The minimum atomic E-state index is -10.1. The van der Waals surface area contributed by atoms with Gasteiger partial charge >= 0.3 is 16.2 Å². The zero-order valence-corrected chi connectivity index (χ0v) is 20.6. The lowest BCUT2D eigenvalue weighted by Crippen LogP contribution is -2.41. The number of carboxylic acid groups (broad SMARTS) is 1. The first kappa shape index (κ1) is 29.4. The van der Waals surface area contributed by atoms with Gasteiger partial charge in [0.1, 0.15) is 16.8 Å². The molecule has 0 saturated carbocycles. The maximum absolute atomic E-state index is 13.2. The van der Waals surface area contributed by atoms with Crippen molar-refractivity contribution in [3.63, 3.8) is 0 Å². The topological polar surface area (TPSA) is 152 Å². The molecule has 2 aromatic rings. The van der Waals surface area contributed by atoms with E-state index in [0.717, 1.165) is 12.1 Å². The molecule has 10 nitrogen and oxygen atoms in total. The molecule has 17 heteroatoms. The van der Waals surface area contributed by atoms with Crippen molar-refractivity contribution in [1.29, 1.82) is 0 Å².